The minimum absolute atomic E-state index is 0.00319. The maximum Gasteiger partial charge on any atom is 0.192 e. The Hall–Kier alpha value is -1.00. The van der Waals surface area contributed by atoms with Crippen LogP contribution in [0.5, 0.6) is 0 Å². The predicted molar refractivity (Wildman–Crippen MR) is 137 cm³/mol. The SMILES string of the molecule is CC[Si](CC)(CC)O[C@H]1CC=C2C[C@@H](C1)[C@H](C=O)C=C1[C@@H]2CC[C@]2(C)[C@@H]([C@H](C)C=O)CC[C@@H]12. The lowest BCUT2D eigenvalue weighted by molar-refractivity contribution is -0.113. The second-order valence-electron chi connectivity index (χ2n) is 11.9. The third kappa shape index (κ3) is 4.40. The van der Waals surface area contributed by atoms with E-state index in [9.17, 15) is 9.59 Å². The zero-order valence-electron chi connectivity index (χ0n) is 21.6. The highest BCUT2D eigenvalue weighted by molar-refractivity contribution is 6.73. The van der Waals surface area contributed by atoms with Crippen molar-refractivity contribution in [3.8, 4) is 0 Å². The van der Waals surface area contributed by atoms with Gasteiger partial charge in [0.2, 0.25) is 0 Å². The smallest absolute Gasteiger partial charge is 0.192 e. The van der Waals surface area contributed by atoms with E-state index < -0.39 is 8.32 Å². The zero-order chi connectivity index (χ0) is 23.8. The molecule has 0 aromatic rings. The highest BCUT2D eigenvalue weighted by atomic mass is 28.4. The number of carbonyl (C=O) groups excluding carboxylic acids is 2. The highest BCUT2D eigenvalue weighted by Gasteiger charge is 2.54. The van der Waals surface area contributed by atoms with Crippen LogP contribution in [0, 0.1) is 40.9 Å². The number of aldehydes is 2. The second-order valence-corrected chi connectivity index (χ2v) is 16.6. The maximum atomic E-state index is 12.4. The van der Waals surface area contributed by atoms with Gasteiger partial charge in [0, 0.05) is 23.9 Å². The van der Waals surface area contributed by atoms with Crippen molar-refractivity contribution in [3.63, 3.8) is 0 Å². The van der Waals surface area contributed by atoms with Crippen LogP contribution in [-0.4, -0.2) is 27.0 Å². The van der Waals surface area contributed by atoms with Gasteiger partial charge in [0.15, 0.2) is 8.32 Å². The van der Waals surface area contributed by atoms with Gasteiger partial charge in [-0.15, -0.1) is 0 Å². The molecular weight excluding hydrogens is 424 g/mol. The third-order valence-electron chi connectivity index (χ3n) is 10.6. The van der Waals surface area contributed by atoms with Gasteiger partial charge in [-0.2, -0.15) is 0 Å². The predicted octanol–water partition coefficient (Wildman–Crippen LogP) is 7.14. The molecule has 3 nitrogen and oxygen atoms in total. The van der Waals surface area contributed by atoms with E-state index in [1.165, 1.54) is 50.0 Å². The Kier molecular flexibility index (Phi) is 7.55. The molecule has 0 heterocycles. The average Bonchev–Trinajstić information content (AvgIpc) is 2.97. The molecule has 0 unspecified atom stereocenters. The molecule has 2 fully saturated rings. The summed E-state index contributed by atoms with van der Waals surface area (Å²) in [4.78, 5) is 24.1. The lowest BCUT2D eigenvalue weighted by Gasteiger charge is -2.47. The van der Waals surface area contributed by atoms with Gasteiger partial charge in [-0.25, -0.2) is 0 Å². The van der Waals surface area contributed by atoms with Gasteiger partial charge in [0.25, 0.3) is 0 Å². The van der Waals surface area contributed by atoms with Crippen molar-refractivity contribution in [2.45, 2.75) is 104 Å². The van der Waals surface area contributed by atoms with Crippen LogP contribution in [0.1, 0.15) is 79.6 Å². The van der Waals surface area contributed by atoms with Gasteiger partial charge in [-0.1, -0.05) is 57.9 Å². The average molecular weight is 471 g/mol. The van der Waals surface area contributed by atoms with E-state index in [0.717, 1.165) is 25.7 Å². The minimum Gasteiger partial charge on any atom is -0.414 e. The number of carbonyl (C=O) groups is 2. The summed E-state index contributed by atoms with van der Waals surface area (Å²) < 4.78 is 6.95. The molecule has 2 saturated carbocycles. The van der Waals surface area contributed by atoms with Crippen LogP contribution in [-0.2, 0) is 14.0 Å². The summed E-state index contributed by atoms with van der Waals surface area (Å²) >= 11 is 0. The lowest BCUT2D eigenvalue weighted by Crippen LogP contribution is -2.40. The summed E-state index contributed by atoms with van der Waals surface area (Å²) in [5, 5.41) is 0. The van der Waals surface area contributed by atoms with Gasteiger partial charge >= 0.3 is 0 Å². The first-order valence-electron chi connectivity index (χ1n) is 13.8. The van der Waals surface area contributed by atoms with Crippen LogP contribution in [0.4, 0.5) is 0 Å². The van der Waals surface area contributed by atoms with E-state index in [1.807, 2.05) is 0 Å². The van der Waals surface area contributed by atoms with E-state index in [1.54, 1.807) is 11.1 Å². The molecule has 0 saturated heterocycles. The van der Waals surface area contributed by atoms with Crippen molar-refractivity contribution in [3.05, 3.63) is 23.3 Å². The monoisotopic (exact) mass is 470 g/mol. The molecule has 8 atom stereocenters. The summed E-state index contributed by atoms with van der Waals surface area (Å²) in [5.41, 5.74) is 3.34. The lowest BCUT2D eigenvalue weighted by atomic mass is 9.57. The first-order valence-corrected chi connectivity index (χ1v) is 16.4. The van der Waals surface area contributed by atoms with E-state index >= 15 is 0 Å². The third-order valence-corrected chi connectivity index (χ3v) is 15.3. The zero-order valence-corrected chi connectivity index (χ0v) is 22.6. The Bertz CT molecular complexity index is 788. The van der Waals surface area contributed by atoms with Crippen molar-refractivity contribution >= 4 is 20.9 Å². The Balaban J connectivity index is 1.63. The molecule has 0 spiro atoms. The topological polar surface area (TPSA) is 43.4 Å². The Labute approximate surface area is 202 Å². The second kappa shape index (κ2) is 9.93. The molecule has 0 amide bonds. The van der Waals surface area contributed by atoms with Crippen LogP contribution in [0.25, 0.3) is 0 Å². The molecule has 4 heteroatoms. The quantitative estimate of drug-likeness (QED) is 0.215. The van der Waals surface area contributed by atoms with Crippen LogP contribution >= 0.6 is 0 Å². The Morgan fingerprint density at radius 1 is 1.15 bits per heavy atom. The van der Waals surface area contributed by atoms with Crippen molar-refractivity contribution in [2.75, 3.05) is 0 Å². The Morgan fingerprint density at radius 2 is 1.88 bits per heavy atom. The normalized spacial score (nSPS) is 39.3. The van der Waals surface area contributed by atoms with Gasteiger partial charge in [0.05, 0.1) is 0 Å². The summed E-state index contributed by atoms with van der Waals surface area (Å²) in [6.45, 7) is 11.5. The van der Waals surface area contributed by atoms with Crippen molar-refractivity contribution < 1.29 is 14.0 Å². The molecule has 0 aliphatic heterocycles. The summed E-state index contributed by atoms with van der Waals surface area (Å²) in [6.07, 6.45) is 15.4. The number of rotatable bonds is 8. The molecule has 4 aliphatic rings. The fourth-order valence-corrected chi connectivity index (χ4v) is 11.2. The first kappa shape index (κ1) is 25.1. The van der Waals surface area contributed by atoms with E-state index in [2.05, 4.69) is 46.8 Å². The van der Waals surface area contributed by atoms with E-state index in [4.69, 9.17) is 4.43 Å². The van der Waals surface area contributed by atoms with Crippen molar-refractivity contribution in [2.24, 2.45) is 40.9 Å². The number of allylic oxidation sites excluding steroid dienone is 3. The van der Waals surface area contributed by atoms with E-state index in [0.29, 0.717) is 23.7 Å². The van der Waals surface area contributed by atoms with Crippen molar-refractivity contribution in [1.82, 2.24) is 0 Å². The first-order chi connectivity index (χ1) is 15.8. The molecule has 4 aliphatic carbocycles. The standard InChI is InChI=1S/C29H46O3Si/c1-6-33(7-2,8-3)32-24-10-9-21-15-22(16-24)23(19-31)17-26-25(21)13-14-29(5)27(20(4)18-30)11-12-28(26)29/h9,17-20,22-25,27-28H,6-8,10-16H2,1-5H3/t20-,22+,23+,24+,25-,27-,28+,29-/m1/s1. The largest absolute Gasteiger partial charge is 0.414 e. The summed E-state index contributed by atoms with van der Waals surface area (Å²) in [7, 11) is -1.66. The van der Waals surface area contributed by atoms with Gasteiger partial charge in [-0.05, 0) is 86.2 Å². The molecular formula is C29H46O3Si. The fraction of sp³-hybridized carbons (Fsp3) is 0.793. The Morgan fingerprint density at radius 3 is 2.52 bits per heavy atom. The van der Waals surface area contributed by atoms with Crippen LogP contribution in [0.3, 0.4) is 0 Å². The van der Waals surface area contributed by atoms with Gasteiger partial charge < -0.3 is 14.0 Å². The number of hydrogen-bond acceptors (Lipinski definition) is 3. The molecule has 0 radical (unpaired) electrons. The molecule has 0 N–H and O–H groups in total. The van der Waals surface area contributed by atoms with E-state index in [-0.39, 0.29) is 23.4 Å². The molecule has 2 bridgehead atoms. The fourth-order valence-electron chi connectivity index (χ4n) is 8.35. The van der Waals surface area contributed by atoms with Crippen LogP contribution in [0.15, 0.2) is 23.3 Å². The van der Waals surface area contributed by atoms with Gasteiger partial charge in [0.1, 0.15) is 12.6 Å². The summed E-state index contributed by atoms with van der Waals surface area (Å²) in [6, 6.07) is 3.55. The minimum atomic E-state index is -1.66. The molecule has 0 aromatic heterocycles. The number of hydrogen-bond donors (Lipinski definition) is 0. The van der Waals surface area contributed by atoms with Crippen LogP contribution in [0.2, 0.25) is 18.1 Å². The highest BCUT2D eigenvalue weighted by Crippen LogP contribution is 2.62. The summed E-state index contributed by atoms with van der Waals surface area (Å²) in [5.74, 6) is 2.01. The van der Waals surface area contributed by atoms with Crippen molar-refractivity contribution in [1.29, 1.82) is 0 Å². The van der Waals surface area contributed by atoms with Crippen LogP contribution < -0.4 is 0 Å². The number of fused-ring (bicyclic) bond motifs is 6. The molecule has 184 valence electrons. The maximum absolute atomic E-state index is 12.4. The molecule has 4 rings (SSSR count). The molecule has 33 heavy (non-hydrogen) atoms. The van der Waals surface area contributed by atoms with Gasteiger partial charge in [-0.3, -0.25) is 0 Å². The molecule has 0 aromatic carbocycles.